The summed E-state index contributed by atoms with van der Waals surface area (Å²) < 4.78 is 5.54. The zero-order valence-electron chi connectivity index (χ0n) is 13.1. The normalized spacial score (nSPS) is 10.2. The highest BCUT2D eigenvalue weighted by molar-refractivity contribution is 5.91. The fraction of sp³-hybridized carbons (Fsp3) is 0.235. The van der Waals surface area contributed by atoms with E-state index < -0.39 is 5.97 Å². The molecule has 1 heterocycles. The molecule has 0 saturated heterocycles. The Morgan fingerprint density at radius 3 is 2.48 bits per heavy atom. The number of aryl methyl sites for hydroxylation is 1. The number of esters is 1. The molecule has 0 aliphatic carbocycles. The highest BCUT2D eigenvalue weighted by atomic mass is 16.5. The Bertz CT molecular complexity index is 698. The van der Waals surface area contributed by atoms with Crippen LogP contribution >= 0.6 is 0 Å². The van der Waals surface area contributed by atoms with Gasteiger partial charge in [0, 0.05) is 25.7 Å². The van der Waals surface area contributed by atoms with E-state index >= 15 is 0 Å². The molecule has 6 heteroatoms. The third-order valence-corrected chi connectivity index (χ3v) is 3.46. The number of hydrogen-bond acceptors (Lipinski definition) is 4. The third-order valence-electron chi connectivity index (χ3n) is 3.46. The molecule has 0 radical (unpaired) electrons. The standard InChI is InChI=1S/C17H18N2O4/c1-13-5-3-4-6-15(13)11-18(2)16(20)12-23-17(21)14-7-9-19(22)10-8-14/h3-10H,11-12H2,1-2H3. The van der Waals surface area contributed by atoms with Crippen molar-refractivity contribution in [2.45, 2.75) is 13.5 Å². The molecule has 1 aromatic heterocycles. The molecule has 0 bridgehead atoms. The Kier molecular flexibility index (Phi) is 5.30. The summed E-state index contributed by atoms with van der Waals surface area (Å²) in [4.78, 5) is 25.3. The average molecular weight is 314 g/mol. The summed E-state index contributed by atoms with van der Waals surface area (Å²) in [6.07, 6.45) is 2.39. The Balaban J connectivity index is 1.87. The molecule has 0 aliphatic rings. The van der Waals surface area contributed by atoms with Gasteiger partial charge in [-0.2, -0.15) is 4.73 Å². The summed E-state index contributed by atoms with van der Waals surface area (Å²) >= 11 is 0. The number of amides is 1. The molecule has 0 atom stereocenters. The summed E-state index contributed by atoms with van der Waals surface area (Å²) in [6.45, 7) is 2.09. The minimum Gasteiger partial charge on any atom is -0.619 e. The number of carbonyl (C=O) groups is 2. The van der Waals surface area contributed by atoms with Crippen LogP contribution in [0.3, 0.4) is 0 Å². The topological polar surface area (TPSA) is 73.5 Å². The van der Waals surface area contributed by atoms with E-state index in [-0.39, 0.29) is 18.1 Å². The number of hydrogen-bond donors (Lipinski definition) is 0. The van der Waals surface area contributed by atoms with Crippen molar-refractivity contribution in [2.75, 3.05) is 13.7 Å². The van der Waals surface area contributed by atoms with Crippen molar-refractivity contribution in [2.24, 2.45) is 0 Å². The van der Waals surface area contributed by atoms with Crippen LogP contribution in [0.1, 0.15) is 21.5 Å². The molecule has 2 rings (SSSR count). The van der Waals surface area contributed by atoms with Crippen LogP contribution in [0, 0.1) is 12.1 Å². The number of ether oxygens (including phenoxy) is 1. The van der Waals surface area contributed by atoms with Crippen molar-refractivity contribution in [3.63, 3.8) is 0 Å². The molecule has 0 fully saturated rings. The van der Waals surface area contributed by atoms with Crippen LogP contribution in [-0.2, 0) is 16.1 Å². The molecule has 0 unspecified atom stereocenters. The van der Waals surface area contributed by atoms with Gasteiger partial charge < -0.3 is 14.8 Å². The van der Waals surface area contributed by atoms with E-state index in [0.717, 1.165) is 11.1 Å². The molecule has 2 aromatic rings. The van der Waals surface area contributed by atoms with E-state index in [4.69, 9.17) is 4.74 Å². The van der Waals surface area contributed by atoms with Gasteiger partial charge in [-0.05, 0) is 18.1 Å². The van der Waals surface area contributed by atoms with Gasteiger partial charge in [-0.1, -0.05) is 24.3 Å². The zero-order chi connectivity index (χ0) is 16.8. The predicted molar refractivity (Wildman–Crippen MR) is 83.3 cm³/mol. The van der Waals surface area contributed by atoms with Crippen molar-refractivity contribution in [3.8, 4) is 0 Å². The van der Waals surface area contributed by atoms with Crippen LogP contribution in [0.15, 0.2) is 48.8 Å². The molecule has 0 aliphatic heterocycles. The van der Waals surface area contributed by atoms with Gasteiger partial charge in [0.05, 0.1) is 5.56 Å². The van der Waals surface area contributed by atoms with E-state index in [0.29, 0.717) is 11.3 Å². The van der Waals surface area contributed by atoms with Crippen molar-refractivity contribution in [3.05, 3.63) is 70.7 Å². The van der Waals surface area contributed by atoms with E-state index in [9.17, 15) is 14.8 Å². The Morgan fingerprint density at radius 2 is 1.83 bits per heavy atom. The predicted octanol–water partition coefficient (Wildman–Crippen LogP) is 1.44. The van der Waals surface area contributed by atoms with Crippen molar-refractivity contribution >= 4 is 11.9 Å². The lowest BCUT2D eigenvalue weighted by atomic mass is 10.1. The molecule has 6 nitrogen and oxygen atoms in total. The average Bonchev–Trinajstić information content (AvgIpc) is 2.55. The minimum atomic E-state index is -0.636. The highest BCUT2D eigenvalue weighted by Gasteiger charge is 2.14. The maximum atomic E-state index is 12.0. The fourth-order valence-electron chi connectivity index (χ4n) is 2.00. The van der Waals surface area contributed by atoms with Crippen LogP contribution in [0.4, 0.5) is 0 Å². The maximum absolute atomic E-state index is 12.0. The fourth-order valence-corrected chi connectivity index (χ4v) is 2.00. The number of likely N-dealkylation sites (N-methyl/N-ethyl adjacent to an activating group) is 1. The first-order valence-electron chi connectivity index (χ1n) is 7.12. The number of nitrogens with zero attached hydrogens (tertiary/aromatic N) is 2. The SMILES string of the molecule is Cc1ccccc1CN(C)C(=O)COC(=O)c1cc[n+]([O-])cc1. The quantitative estimate of drug-likeness (QED) is 0.475. The second-order valence-corrected chi connectivity index (χ2v) is 5.20. The number of rotatable bonds is 5. The molecule has 1 aromatic carbocycles. The summed E-state index contributed by atoms with van der Waals surface area (Å²) in [7, 11) is 1.66. The Morgan fingerprint density at radius 1 is 1.17 bits per heavy atom. The van der Waals surface area contributed by atoms with Crippen LogP contribution in [0.25, 0.3) is 0 Å². The van der Waals surface area contributed by atoms with E-state index in [1.807, 2.05) is 31.2 Å². The highest BCUT2D eigenvalue weighted by Crippen LogP contribution is 2.09. The molecular weight excluding hydrogens is 296 g/mol. The molecular formula is C17H18N2O4. The van der Waals surface area contributed by atoms with E-state index in [2.05, 4.69) is 0 Å². The first-order chi connectivity index (χ1) is 11.0. The third kappa shape index (κ3) is 4.54. The van der Waals surface area contributed by atoms with Gasteiger partial charge in [0.15, 0.2) is 19.0 Å². The lowest BCUT2D eigenvalue weighted by Gasteiger charge is -2.18. The zero-order valence-corrected chi connectivity index (χ0v) is 13.1. The summed E-state index contributed by atoms with van der Waals surface area (Å²) in [5.41, 5.74) is 2.36. The summed E-state index contributed by atoms with van der Waals surface area (Å²) in [5, 5.41) is 10.9. The molecule has 0 saturated carbocycles. The minimum absolute atomic E-state index is 0.228. The van der Waals surface area contributed by atoms with Gasteiger partial charge in [0.25, 0.3) is 5.91 Å². The monoisotopic (exact) mass is 314 g/mol. The number of carbonyl (C=O) groups excluding carboxylic acids is 2. The largest absolute Gasteiger partial charge is 0.619 e. The first-order valence-corrected chi connectivity index (χ1v) is 7.12. The molecule has 23 heavy (non-hydrogen) atoms. The number of pyridine rings is 1. The Labute approximate surface area is 134 Å². The van der Waals surface area contributed by atoms with Gasteiger partial charge in [0.1, 0.15) is 0 Å². The van der Waals surface area contributed by atoms with Crippen LogP contribution in [0.2, 0.25) is 0 Å². The second-order valence-electron chi connectivity index (χ2n) is 5.20. The van der Waals surface area contributed by atoms with Crippen molar-refractivity contribution in [1.29, 1.82) is 0 Å². The van der Waals surface area contributed by atoms with Crippen LogP contribution in [-0.4, -0.2) is 30.4 Å². The Hall–Kier alpha value is -2.89. The second kappa shape index (κ2) is 7.40. The van der Waals surface area contributed by atoms with Gasteiger partial charge >= 0.3 is 5.97 Å². The molecule has 0 spiro atoms. The van der Waals surface area contributed by atoms with Gasteiger partial charge in [-0.15, -0.1) is 0 Å². The summed E-state index contributed by atoms with van der Waals surface area (Å²) in [6, 6.07) is 10.5. The lowest BCUT2D eigenvalue weighted by Crippen LogP contribution is -2.31. The van der Waals surface area contributed by atoms with Crippen LogP contribution < -0.4 is 4.73 Å². The maximum Gasteiger partial charge on any atom is 0.339 e. The summed E-state index contributed by atoms with van der Waals surface area (Å²) in [5.74, 6) is -0.931. The van der Waals surface area contributed by atoms with Crippen LogP contribution in [0.5, 0.6) is 0 Å². The van der Waals surface area contributed by atoms with E-state index in [1.165, 1.54) is 29.4 Å². The number of aromatic nitrogens is 1. The van der Waals surface area contributed by atoms with Gasteiger partial charge in [0.2, 0.25) is 0 Å². The molecule has 0 N–H and O–H groups in total. The van der Waals surface area contributed by atoms with Gasteiger partial charge in [-0.25, -0.2) is 4.79 Å². The molecule has 1 amide bonds. The lowest BCUT2D eigenvalue weighted by molar-refractivity contribution is -0.605. The van der Waals surface area contributed by atoms with E-state index in [1.54, 1.807) is 7.05 Å². The van der Waals surface area contributed by atoms with Crippen molar-refractivity contribution < 1.29 is 19.1 Å². The van der Waals surface area contributed by atoms with Crippen molar-refractivity contribution in [1.82, 2.24) is 4.90 Å². The number of benzene rings is 1. The first kappa shape index (κ1) is 16.5. The smallest absolute Gasteiger partial charge is 0.339 e. The van der Waals surface area contributed by atoms with Gasteiger partial charge in [-0.3, -0.25) is 4.79 Å². The molecule has 120 valence electrons.